The molecule has 0 aliphatic rings. The minimum atomic E-state index is -4.12. The normalized spacial score (nSPS) is 12.8. The van der Waals surface area contributed by atoms with Crippen LogP contribution in [0.2, 0.25) is 5.02 Å². The number of hydrogen-bond acceptors (Lipinski definition) is 4. The van der Waals surface area contributed by atoms with Gasteiger partial charge in [-0.05, 0) is 59.2 Å². The van der Waals surface area contributed by atoms with E-state index in [1.54, 1.807) is 25.1 Å². The molecule has 0 saturated heterocycles. The molecule has 6 nitrogen and oxygen atoms in total. The van der Waals surface area contributed by atoms with Crippen molar-refractivity contribution in [2.45, 2.75) is 63.9 Å². The van der Waals surface area contributed by atoms with Gasteiger partial charge in [-0.3, -0.25) is 0 Å². The molecular weight excluding hydrogens is 424 g/mol. The number of sulfonamides is 1. The van der Waals surface area contributed by atoms with Gasteiger partial charge >= 0.3 is 6.03 Å². The summed E-state index contributed by atoms with van der Waals surface area (Å²) in [5, 5.41) is 13.2. The van der Waals surface area contributed by atoms with Crippen molar-refractivity contribution in [3.05, 3.63) is 58.1 Å². The Kier molecular flexibility index (Phi) is 7.91. The number of hydrogen-bond donors (Lipinski definition) is 3. The van der Waals surface area contributed by atoms with Crippen LogP contribution in [0.25, 0.3) is 0 Å². The molecular formula is C22H29ClN2O4S. The van der Waals surface area contributed by atoms with Crippen LogP contribution in [-0.4, -0.2) is 19.6 Å². The first-order valence-corrected chi connectivity index (χ1v) is 11.8. The average Bonchev–Trinajstić information content (AvgIpc) is 2.67. The number of aliphatic hydroxyl groups is 1. The maximum absolute atomic E-state index is 12.7. The zero-order valence-corrected chi connectivity index (χ0v) is 19.4. The molecule has 2 amide bonds. The van der Waals surface area contributed by atoms with Gasteiger partial charge in [-0.1, -0.05) is 58.4 Å². The maximum atomic E-state index is 12.7. The molecule has 0 fully saturated rings. The van der Waals surface area contributed by atoms with Crippen LogP contribution in [-0.2, 0) is 10.0 Å². The van der Waals surface area contributed by atoms with E-state index in [0.29, 0.717) is 22.7 Å². The van der Waals surface area contributed by atoms with Gasteiger partial charge in [-0.25, -0.2) is 17.9 Å². The Morgan fingerprint density at radius 2 is 1.63 bits per heavy atom. The van der Waals surface area contributed by atoms with Crippen molar-refractivity contribution < 1.29 is 18.3 Å². The van der Waals surface area contributed by atoms with Gasteiger partial charge in [0.15, 0.2) is 0 Å². The largest absolute Gasteiger partial charge is 0.388 e. The Hall–Kier alpha value is -2.09. The molecule has 30 heavy (non-hydrogen) atoms. The first-order chi connectivity index (χ1) is 14.0. The quantitative estimate of drug-likeness (QED) is 0.513. The highest BCUT2D eigenvalue weighted by atomic mass is 35.5. The van der Waals surface area contributed by atoms with Gasteiger partial charge in [0.05, 0.1) is 11.0 Å². The molecule has 2 aromatic rings. The van der Waals surface area contributed by atoms with Crippen LogP contribution >= 0.6 is 11.6 Å². The van der Waals surface area contributed by atoms with Gasteiger partial charge in [0.2, 0.25) is 0 Å². The van der Waals surface area contributed by atoms with Crippen molar-refractivity contribution in [1.29, 1.82) is 0 Å². The van der Waals surface area contributed by atoms with Crippen LogP contribution in [0.5, 0.6) is 0 Å². The Labute approximate surface area is 183 Å². The highest BCUT2D eigenvalue weighted by molar-refractivity contribution is 7.90. The Bertz CT molecular complexity index is 991. The molecule has 0 aliphatic heterocycles. The number of carbonyl (C=O) groups excluding carboxylic acids is 1. The summed E-state index contributed by atoms with van der Waals surface area (Å²) in [4.78, 5) is 12.5. The molecule has 0 saturated carbocycles. The minimum Gasteiger partial charge on any atom is -0.388 e. The second-order valence-electron chi connectivity index (χ2n) is 7.82. The first-order valence-electron chi connectivity index (χ1n) is 9.91. The van der Waals surface area contributed by atoms with Crippen molar-refractivity contribution in [3.63, 3.8) is 0 Å². The fourth-order valence-corrected chi connectivity index (χ4v) is 4.35. The van der Waals surface area contributed by atoms with Crippen LogP contribution in [0.3, 0.4) is 0 Å². The Morgan fingerprint density at radius 3 is 2.13 bits per heavy atom. The number of carbonyl (C=O) groups is 1. The summed E-state index contributed by atoms with van der Waals surface area (Å²) in [7, 11) is -4.12. The second-order valence-corrected chi connectivity index (χ2v) is 9.94. The van der Waals surface area contributed by atoms with E-state index in [1.807, 2.05) is 27.7 Å². The summed E-state index contributed by atoms with van der Waals surface area (Å²) >= 11 is 6.24. The van der Waals surface area contributed by atoms with E-state index < -0.39 is 22.2 Å². The molecule has 2 rings (SSSR count). The van der Waals surface area contributed by atoms with Gasteiger partial charge in [0.25, 0.3) is 10.0 Å². The van der Waals surface area contributed by atoms with Crippen LogP contribution in [0.1, 0.15) is 75.7 Å². The number of benzene rings is 2. The molecule has 2 aromatic carbocycles. The van der Waals surface area contributed by atoms with Gasteiger partial charge in [0, 0.05) is 10.7 Å². The molecule has 164 valence electrons. The van der Waals surface area contributed by atoms with Crippen LogP contribution in [0.4, 0.5) is 10.5 Å². The van der Waals surface area contributed by atoms with Crippen molar-refractivity contribution >= 4 is 33.3 Å². The van der Waals surface area contributed by atoms with Crippen LogP contribution in [0.15, 0.2) is 41.3 Å². The summed E-state index contributed by atoms with van der Waals surface area (Å²) < 4.78 is 27.5. The lowest BCUT2D eigenvalue weighted by atomic mass is 9.92. The number of aliphatic hydroxyl groups excluding tert-OH is 1. The highest BCUT2D eigenvalue weighted by Crippen LogP contribution is 2.35. The van der Waals surface area contributed by atoms with E-state index in [4.69, 9.17) is 11.6 Å². The van der Waals surface area contributed by atoms with E-state index in [-0.39, 0.29) is 16.7 Å². The van der Waals surface area contributed by atoms with Crippen LogP contribution < -0.4 is 10.0 Å². The monoisotopic (exact) mass is 452 g/mol. The number of anilines is 1. The molecule has 8 heteroatoms. The van der Waals surface area contributed by atoms with Gasteiger partial charge in [-0.15, -0.1) is 0 Å². The summed E-state index contributed by atoms with van der Waals surface area (Å²) in [5.74, 6) is 0.139. The Balaban J connectivity index is 2.34. The number of rotatable bonds is 7. The molecule has 1 unspecified atom stereocenters. The second kappa shape index (κ2) is 9.81. The molecule has 3 N–H and O–H groups in total. The van der Waals surface area contributed by atoms with E-state index in [0.717, 1.165) is 11.1 Å². The summed E-state index contributed by atoms with van der Waals surface area (Å²) in [6.45, 7) is 9.68. The van der Waals surface area contributed by atoms with E-state index in [2.05, 4.69) is 10.0 Å². The SMILES string of the molecule is CCC(O)c1cccc(S(=O)(=O)NC(=O)Nc2c(C(C)C)cc(Cl)cc2C(C)C)c1. The lowest BCUT2D eigenvalue weighted by molar-refractivity contribution is 0.173. The number of halogens is 1. The standard InChI is InChI=1S/C22H29ClN2O4S/c1-6-20(26)15-8-7-9-17(10-15)30(28,29)25-22(27)24-21-18(13(2)3)11-16(23)12-19(21)14(4)5/h7-14,20,26H,6H2,1-5H3,(H2,24,25,27). The predicted octanol–water partition coefficient (Wildman–Crippen LogP) is 5.54. The van der Waals surface area contributed by atoms with Gasteiger partial charge in [-0.2, -0.15) is 0 Å². The third-order valence-corrected chi connectivity index (χ3v) is 6.36. The fraction of sp³-hybridized carbons (Fsp3) is 0.409. The van der Waals surface area contributed by atoms with E-state index >= 15 is 0 Å². The third kappa shape index (κ3) is 5.74. The predicted molar refractivity (Wildman–Crippen MR) is 121 cm³/mol. The molecule has 1 atom stereocenters. The van der Waals surface area contributed by atoms with Crippen LogP contribution in [0, 0.1) is 0 Å². The van der Waals surface area contributed by atoms with Gasteiger partial charge in [0.1, 0.15) is 0 Å². The van der Waals surface area contributed by atoms with Gasteiger partial charge < -0.3 is 10.4 Å². The molecule has 0 heterocycles. The highest BCUT2D eigenvalue weighted by Gasteiger charge is 2.22. The molecule has 0 aromatic heterocycles. The van der Waals surface area contributed by atoms with Crippen molar-refractivity contribution in [1.82, 2.24) is 4.72 Å². The summed E-state index contributed by atoms with van der Waals surface area (Å²) in [6.07, 6.45) is -0.325. The lowest BCUT2D eigenvalue weighted by Crippen LogP contribution is -2.35. The third-order valence-electron chi connectivity index (χ3n) is 4.81. The lowest BCUT2D eigenvalue weighted by Gasteiger charge is -2.21. The van der Waals surface area contributed by atoms with Crippen molar-refractivity contribution in [3.8, 4) is 0 Å². The maximum Gasteiger partial charge on any atom is 0.333 e. The van der Waals surface area contributed by atoms with E-state index in [9.17, 15) is 18.3 Å². The minimum absolute atomic E-state index is 0.0697. The summed E-state index contributed by atoms with van der Waals surface area (Å²) in [6, 6.07) is 8.62. The Morgan fingerprint density at radius 1 is 1.07 bits per heavy atom. The number of urea groups is 1. The zero-order chi connectivity index (χ0) is 22.6. The van der Waals surface area contributed by atoms with Crippen molar-refractivity contribution in [2.24, 2.45) is 0 Å². The van der Waals surface area contributed by atoms with Crippen molar-refractivity contribution in [2.75, 3.05) is 5.32 Å². The average molecular weight is 453 g/mol. The summed E-state index contributed by atoms with van der Waals surface area (Å²) in [5.41, 5.74) is 2.69. The topological polar surface area (TPSA) is 95.5 Å². The first kappa shape index (κ1) is 24.2. The number of amides is 2. The number of nitrogens with one attached hydrogen (secondary N) is 2. The molecule has 0 spiro atoms. The smallest absolute Gasteiger partial charge is 0.333 e. The molecule has 0 aliphatic carbocycles. The fourth-order valence-electron chi connectivity index (χ4n) is 3.15. The van der Waals surface area contributed by atoms with E-state index in [1.165, 1.54) is 18.2 Å². The molecule has 0 bridgehead atoms. The zero-order valence-electron chi connectivity index (χ0n) is 17.9. The molecule has 0 radical (unpaired) electrons.